The van der Waals surface area contributed by atoms with E-state index in [9.17, 15) is 0 Å². The first-order valence-electron chi connectivity index (χ1n) is 5.60. The number of allylic oxidation sites excluding steroid dienone is 8. The maximum absolute atomic E-state index is 2.54. The van der Waals surface area contributed by atoms with Gasteiger partial charge in [-0.3, -0.25) is 0 Å². The van der Waals surface area contributed by atoms with E-state index >= 15 is 0 Å². The second-order valence-corrected chi connectivity index (χ2v) is 23.3. The van der Waals surface area contributed by atoms with E-state index in [2.05, 4.69) is 45.2 Å². The van der Waals surface area contributed by atoms with Crippen molar-refractivity contribution in [2.45, 2.75) is 27.7 Å². The molecule has 0 nitrogen and oxygen atoms in total. The molecule has 0 aromatic rings. The Bertz CT molecular complexity index is 378. The van der Waals surface area contributed by atoms with Gasteiger partial charge in [-0.15, -0.1) is 0 Å². The summed E-state index contributed by atoms with van der Waals surface area (Å²) in [5, 5.41) is 0. The minimum absolute atomic E-state index is 0.391. The monoisotopic (exact) mass is 384 g/mol. The zero-order valence-corrected chi connectivity index (χ0v) is 15.1. The Kier molecular flexibility index (Phi) is 3.94. The van der Waals surface area contributed by atoms with Crippen molar-refractivity contribution >= 4 is 18.4 Å². The molecule has 0 N–H and O–H groups in total. The first kappa shape index (κ1) is 12.1. The Morgan fingerprint density at radius 2 is 1.93 bits per heavy atom. The summed E-state index contributed by atoms with van der Waals surface area (Å²) in [4.78, 5) is 7.63. The van der Waals surface area contributed by atoms with Gasteiger partial charge in [-0.1, -0.05) is 0 Å². The Hall–Kier alpha value is 0.642. The summed E-state index contributed by atoms with van der Waals surface area (Å²) in [6.07, 6.45) is 14.3. The minimum atomic E-state index is -1.80. The van der Waals surface area contributed by atoms with Crippen molar-refractivity contribution in [3.63, 3.8) is 0 Å². The van der Waals surface area contributed by atoms with E-state index in [-0.39, 0.29) is 0 Å². The van der Waals surface area contributed by atoms with Crippen LogP contribution in [0.2, 0.25) is 14.8 Å². The van der Waals surface area contributed by atoms with Gasteiger partial charge in [0.1, 0.15) is 0 Å². The van der Waals surface area contributed by atoms with Crippen molar-refractivity contribution in [1.82, 2.24) is 0 Å². The van der Waals surface area contributed by atoms with Gasteiger partial charge in [0.2, 0.25) is 0 Å². The van der Waals surface area contributed by atoms with Gasteiger partial charge in [0.05, 0.1) is 0 Å². The second-order valence-electron chi connectivity index (χ2n) is 5.20. The Balaban J connectivity index is 2.14. The van der Waals surface area contributed by atoms with Gasteiger partial charge in [0.15, 0.2) is 0 Å². The van der Waals surface area contributed by atoms with E-state index in [0.717, 1.165) is 0 Å². The van der Waals surface area contributed by atoms with Crippen LogP contribution in [0.1, 0.15) is 12.8 Å². The van der Waals surface area contributed by atoms with Crippen molar-refractivity contribution in [1.29, 1.82) is 0 Å². The molecule has 0 fully saturated rings. The van der Waals surface area contributed by atoms with Gasteiger partial charge in [-0.25, -0.2) is 0 Å². The van der Waals surface area contributed by atoms with E-state index in [0.29, 0.717) is 0 Å². The van der Waals surface area contributed by atoms with Gasteiger partial charge in [0.25, 0.3) is 0 Å². The Labute approximate surface area is 109 Å². The molecule has 0 amide bonds. The molecule has 2 heteroatoms. The van der Waals surface area contributed by atoms with E-state index in [1.165, 1.54) is 12.8 Å². The van der Waals surface area contributed by atoms with E-state index in [4.69, 9.17) is 0 Å². The molecule has 15 heavy (non-hydrogen) atoms. The van der Waals surface area contributed by atoms with Crippen LogP contribution in [0.4, 0.5) is 0 Å². The molecule has 0 saturated carbocycles. The van der Waals surface area contributed by atoms with Gasteiger partial charge < -0.3 is 0 Å². The quantitative estimate of drug-likeness (QED) is 0.646. The third kappa shape index (κ3) is 3.06. The fourth-order valence-corrected chi connectivity index (χ4v) is 16.9. The molecule has 0 aromatic heterocycles. The normalized spacial score (nSPS) is 20.1. The fourth-order valence-electron chi connectivity index (χ4n) is 2.06. The van der Waals surface area contributed by atoms with Crippen LogP contribution in [-0.2, 0) is 23.2 Å². The molecule has 0 heterocycles. The van der Waals surface area contributed by atoms with Gasteiger partial charge >= 0.3 is 110 Å². The standard InChI is InChI=1S/C5H5.C5H4.3CH3.Sn.Zr/c2*1-2-4-5-3-1;;;;;/h1-3H,4H2;1-2H,3H2;3*1H3;;. The fraction of sp³-hybridized carbons (Fsp3) is 0.385. The summed E-state index contributed by atoms with van der Waals surface area (Å²) < 4.78 is 5.49. The van der Waals surface area contributed by atoms with Crippen molar-refractivity contribution in [2.75, 3.05) is 0 Å². The molecule has 0 bridgehead atoms. The SMILES string of the molecule is [CH3][Sn]([CH3])([CH3])[C]1=[C]([Zr][C]2=CC=CC2)CC=C1. The number of hydrogen-bond acceptors (Lipinski definition) is 0. The summed E-state index contributed by atoms with van der Waals surface area (Å²) in [7, 11) is 0. The summed E-state index contributed by atoms with van der Waals surface area (Å²) in [6.45, 7) is 0. The van der Waals surface area contributed by atoms with Crippen LogP contribution < -0.4 is 0 Å². The van der Waals surface area contributed by atoms with Crippen LogP contribution in [-0.4, -0.2) is 18.4 Å². The predicted octanol–water partition coefficient (Wildman–Crippen LogP) is 4.00. The summed E-state index contributed by atoms with van der Waals surface area (Å²) in [5.74, 6) is 0. The molecule has 78 valence electrons. The molecule has 2 aliphatic carbocycles. The average molecular weight is 384 g/mol. The molecule has 2 rings (SSSR count). The average Bonchev–Trinajstić information content (AvgIpc) is 2.73. The number of rotatable bonds is 3. The van der Waals surface area contributed by atoms with E-state index in [1.807, 2.05) is 6.87 Å². The molecule has 0 unspecified atom stereocenters. The first-order chi connectivity index (χ1) is 7.07. The van der Waals surface area contributed by atoms with Crippen LogP contribution in [0.25, 0.3) is 0 Å². The van der Waals surface area contributed by atoms with Crippen LogP contribution in [0.15, 0.2) is 40.5 Å². The molecular formula is C13H18SnZr. The van der Waals surface area contributed by atoms with Gasteiger partial charge in [0, 0.05) is 0 Å². The summed E-state index contributed by atoms with van der Waals surface area (Å²) in [6, 6.07) is 0. The number of hydrogen-bond donors (Lipinski definition) is 0. The molecule has 2 aliphatic rings. The van der Waals surface area contributed by atoms with Crippen LogP contribution >= 0.6 is 0 Å². The van der Waals surface area contributed by atoms with Crippen LogP contribution in [0, 0.1) is 0 Å². The molecule has 0 aromatic carbocycles. The predicted molar refractivity (Wildman–Crippen MR) is 66.0 cm³/mol. The first-order valence-corrected chi connectivity index (χ1v) is 18.0. The molecule has 0 spiro atoms. The Morgan fingerprint density at radius 3 is 2.53 bits per heavy atom. The summed E-state index contributed by atoms with van der Waals surface area (Å²) >= 11 is -2.19. The zero-order valence-electron chi connectivity index (χ0n) is 9.80. The van der Waals surface area contributed by atoms with E-state index < -0.39 is 41.6 Å². The zero-order chi connectivity index (χ0) is 10.9. The van der Waals surface area contributed by atoms with Gasteiger partial charge in [-0.05, 0) is 0 Å². The van der Waals surface area contributed by atoms with Crippen molar-refractivity contribution < 1.29 is 23.2 Å². The molecular weight excluding hydrogens is 366 g/mol. The molecule has 0 aliphatic heterocycles. The second kappa shape index (κ2) is 4.88. The Morgan fingerprint density at radius 1 is 1.13 bits per heavy atom. The summed E-state index contributed by atoms with van der Waals surface area (Å²) in [5.41, 5.74) is 0. The van der Waals surface area contributed by atoms with Crippen LogP contribution in [0.5, 0.6) is 0 Å². The van der Waals surface area contributed by atoms with Crippen molar-refractivity contribution in [2.24, 2.45) is 0 Å². The molecule has 0 radical (unpaired) electrons. The topological polar surface area (TPSA) is 0 Å². The molecule has 0 saturated heterocycles. The maximum atomic E-state index is 2.54. The van der Waals surface area contributed by atoms with Crippen molar-refractivity contribution in [3.05, 3.63) is 40.5 Å². The third-order valence-electron chi connectivity index (χ3n) is 2.82. The van der Waals surface area contributed by atoms with E-state index in [1.54, 1.807) is 3.28 Å². The van der Waals surface area contributed by atoms with Gasteiger partial charge in [-0.2, -0.15) is 0 Å². The third-order valence-corrected chi connectivity index (χ3v) is 14.1. The van der Waals surface area contributed by atoms with Crippen molar-refractivity contribution in [3.8, 4) is 0 Å². The van der Waals surface area contributed by atoms with Crippen LogP contribution in [0.3, 0.4) is 0 Å². The molecule has 0 atom stereocenters.